The van der Waals surface area contributed by atoms with Gasteiger partial charge in [-0.25, -0.2) is 0 Å². The molecular formula is C11H15BrO. The van der Waals surface area contributed by atoms with Crippen LogP contribution in [0.5, 0.6) is 5.75 Å². The lowest BCUT2D eigenvalue weighted by atomic mass is 9.99. The lowest BCUT2D eigenvalue weighted by Gasteiger charge is -2.13. The molecule has 0 aliphatic carbocycles. The molecule has 0 saturated heterocycles. The van der Waals surface area contributed by atoms with Gasteiger partial charge in [-0.05, 0) is 30.0 Å². The summed E-state index contributed by atoms with van der Waals surface area (Å²) in [5.74, 6) is 0.952. The van der Waals surface area contributed by atoms with Gasteiger partial charge in [-0.1, -0.05) is 41.9 Å². The highest BCUT2D eigenvalue weighted by atomic mass is 79.9. The number of halogens is 1. The summed E-state index contributed by atoms with van der Waals surface area (Å²) in [7, 11) is 0. The minimum Gasteiger partial charge on any atom is -0.508 e. The van der Waals surface area contributed by atoms with Crippen LogP contribution in [0.4, 0.5) is 0 Å². The van der Waals surface area contributed by atoms with Gasteiger partial charge in [0.05, 0.1) is 0 Å². The summed E-state index contributed by atoms with van der Waals surface area (Å²) in [6, 6.07) is 7.42. The van der Waals surface area contributed by atoms with Gasteiger partial charge >= 0.3 is 0 Å². The number of phenols is 1. The zero-order valence-corrected chi connectivity index (χ0v) is 9.58. The van der Waals surface area contributed by atoms with E-state index in [-0.39, 0.29) is 0 Å². The summed E-state index contributed by atoms with van der Waals surface area (Å²) >= 11 is 3.56. The summed E-state index contributed by atoms with van der Waals surface area (Å²) in [6.07, 6.45) is 1.05. The fourth-order valence-corrected chi connectivity index (χ4v) is 1.35. The molecule has 0 aliphatic rings. The van der Waals surface area contributed by atoms with Gasteiger partial charge in [-0.15, -0.1) is 0 Å². The van der Waals surface area contributed by atoms with Gasteiger partial charge in [-0.2, -0.15) is 0 Å². The first-order valence-corrected chi connectivity index (χ1v) is 5.43. The number of hydrogen-bond acceptors (Lipinski definition) is 1. The molecule has 72 valence electrons. The SMILES string of the molecule is CC(Br)C(C)Cc1ccc(O)cc1. The molecule has 0 saturated carbocycles. The lowest BCUT2D eigenvalue weighted by molar-refractivity contribution is 0.474. The minimum atomic E-state index is 0.336. The minimum absolute atomic E-state index is 0.336. The molecule has 0 aromatic heterocycles. The van der Waals surface area contributed by atoms with Gasteiger partial charge < -0.3 is 5.11 Å². The van der Waals surface area contributed by atoms with E-state index in [2.05, 4.69) is 29.8 Å². The van der Waals surface area contributed by atoms with Gasteiger partial charge in [0.15, 0.2) is 0 Å². The molecule has 13 heavy (non-hydrogen) atoms. The first kappa shape index (κ1) is 10.6. The van der Waals surface area contributed by atoms with Crippen LogP contribution < -0.4 is 0 Å². The lowest BCUT2D eigenvalue weighted by Crippen LogP contribution is -2.09. The third kappa shape index (κ3) is 3.39. The first-order chi connectivity index (χ1) is 6.09. The second-order valence-electron chi connectivity index (χ2n) is 3.53. The van der Waals surface area contributed by atoms with E-state index in [9.17, 15) is 0 Å². The zero-order chi connectivity index (χ0) is 9.84. The number of rotatable bonds is 3. The van der Waals surface area contributed by atoms with Crippen LogP contribution in [-0.4, -0.2) is 9.93 Å². The van der Waals surface area contributed by atoms with Crippen LogP contribution >= 0.6 is 15.9 Å². The quantitative estimate of drug-likeness (QED) is 0.807. The van der Waals surface area contributed by atoms with Crippen molar-refractivity contribution in [2.24, 2.45) is 5.92 Å². The second kappa shape index (κ2) is 4.66. The van der Waals surface area contributed by atoms with Crippen molar-refractivity contribution in [2.75, 3.05) is 0 Å². The number of aromatic hydroxyl groups is 1. The molecule has 1 nitrogen and oxygen atoms in total. The Kier molecular flexibility index (Phi) is 3.79. The molecule has 2 atom stereocenters. The molecular weight excluding hydrogens is 228 g/mol. The maximum Gasteiger partial charge on any atom is 0.115 e. The van der Waals surface area contributed by atoms with Crippen molar-refractivity contribution < 1.29 is 5.11 Å². The average molecular weight is 243 g/mol. The number of hydrogen-bond donors (Lipinski definition) is 1. The van der Waals surface area contributed by atoms with Gasteiger partial charge in [0.1, 0.15) is 5.75 Å². The van der Waals surface area contributed by atoms with Crippen LogP contribution in [-0.2, 0) is 6.42 Å². The Morgan fingerprint density at radius 1 is 1.23 bits per heavy atom. The number of alkyl halides is 1. The van der Waals surface area contributed by atoms with Crippen LogP contribution in [0, 0.1) is 5.92 Å². The summed E-state index contributed by atoms with van der Waals surface area (Å²) < 4.78 is 0. The Morgan fingerprint density at radius 2 is 1.77 bits per heavy atom. The molecule has 2 unspecified atom stereocenters. The summed E-state index contributed by atoms with van der Waals surface area (Å²) in [6.45, 7) is 4.37. The molecule has 2 heteroatoms. The van der Waals surface area contributed by atoms with Gasteiger partial charge in [0.2, 0.25) is 0 Å². The standard InChI is InChI=1S/C11H15BrO/c1-8(9(2)12)7-10-3-5-11(13)6-4-10/h3-6,8-9,13H,7H2,1-2H3. The van der Waals surface area contributed by atoms with Gasteiger partial charge in [-0.3, -0.25) is 0 Å². The summed E-state index contributed by atoms with van der Waals surface area (Å²) in [5, 5.41) is 9.09. The van der Waals surface area contributed by atoms with Crippen molar-refractivity contribution in [3.63, 3.8) is 0 Å². The van der Waals surface area contributed by atoms with Crippen molar-refractivity contribution in [3.8, 4) is 5.75 Å². The fourth-order valence-electron chi connectivity index (χ4n) is 1.17. The second-order valence-corrected chi connectivity index (χ2v) is 4.97. The monoisotopic (exact) mass is 242 g/mol. The molecule has 0 spiro atoms. The molecule has 0 heterocycles. The van der Waals surface area contributed by atoms with E-state index in [0.29, 0.717) is 16.5 Å². The Bertz CT molecular complexity index is 253. The van der Waals surface area contributed by atoms with E-state index < -0.39 is 0 Å². The average Bonchev–Trinajstić information content (AvgIpc) is 2.08. The highest BCUT2D eigenvalue weighted by Crippen LogP contribution is 2.18. The maximum absolute atomic E-state index is 9.09. The van der Waals surface area contributed by atoms with Crippen LogP contribution in [0.25, 0.3) is 0 Å². The van der Waals surface area contributed by atoms with Crippen molar-refractivity contribution >= 4 is 15.9 Å². The van der Waals surface area contributed by atoms with Crippen LogP contribution in [0.3, 0.4) is 0 Å². The summed E-state index contributed by atoms with van der Waals surface area (Å²) in [4.78, 5) is 0.529. The van der Waals surface area contributed by atoms with Crippen molar-refractivity contribution in [3.05, 3.63) is 29.8 Å². The van der Waals surface area contributed by atoms with E-state index in [4.69, 9.17) is 5.11 Å². The van der Waals surface area contributed by atoms with E-state index in [1.165, 1.54) is 5.56 Å². The zero-order valence-electron chi connectivity index (χ0n) is 8.00. The van der Waals surface area contributed by atoms with E-state index in [1.807, 2.05) is 12.1 Å². The van der Waals surface area contributed by atoms with Gasteiger partial charge in [0.25, 0.3) is 0 Å². The number of benzene rings is 1. The topological polar surface area (TPSA) is 20.2 Å². The maximum atomic E-state index is 9.09. The Hall–Kier alpha value is -0.500. The molecule has 1 rings (SSSR count). The molecule has 0 bridgehead atoms. The Morgan fingerprint density at radius 3 is 2.23 bits per heavy atom. The van der Waals surface area contributed by atoms with E-state index >= 15 is 0 Å². The third-order valence-corrected chi connectivity index (χ3v) is 3.18. The highest BCUT2D eigenvalue weighted by molar-refractivity contribution is 9.09. The van der Waals surface area contributed by atoms with E-state index in [1.54, 1.807) is 12.1 Å². The normalized spacial score (nSPS) is 15.3. The Balaban J connectivity index is 2.59. The van der Waals surface area contributed by atoms with Crippen LogP contribution in [0.1, 0.15) is 19.4 Å². The van der Waals surface area contributed by atoms with E-state index in [0.717, 1.165) is 6.42 Å². The van der Waals surface area contributed by atoms with Crippen molar-refractivity contribution in [1.82, 2.24) is 0 Å². The third-order valence-electron chi connectivity index (χ3n) is 2.28. The molecule has 0 fully saturated rings. The summed E-state index contributed by atoms with van der Waals surface area (Å²) in [5.41, 5.74) is 1.27. The highest BCUT2D eigenvalue weighted by Gasteiger charge is 2.08. The smallest absolute Gasteiger partial charge is 0.115 e. The molecule has 1 aromatic rings. The fraction of sp³-hybridized carbons (Fsp3) is 0.455. The molecule has 1 aromatic carbocycles. The van der Waals surface area contributed by atoms with Crippen molar-refractivity contribution in [1.29, 1.82) is 0 Å². The predicted octanol–water partition coefficient (Wildman–Crippen LogP) is 3.35. The first-order valence-electron chi connectivity index (χ1n) is 4.51. The van der Waals surface area contributed by atoms with Gasteiger partial charge in [0, 0.05) is 4.83 Å². The molecule has 1 N–H and O–H groups in total. The largest absolute Gasteiger partial charge is 0.508 e. The molecule has 0 aliphatic heterocycles. The Labute approximate surface area is 87.9 Å². The van der Waals surface area contributed by atoms with Crippen molar-refractivity contribution in [2.45, 2.75) is 25.1 Å². The number of phenolic OH excluding ortho intramolecular Hbond substituents is 1. The predicted molar refractivity (Wildman–Crippen MR) is 59.4 cm³/mol. The van der Waals surface area contributed by atoms with Crippen LogP contribution in [0.15, 0.2) is 24.3 Å². The molecule has 0 radical (unpaired) electrons. The van der Waals surface area contributed by atoms with Crippen LogP contribution in [0.2, 0.25) is 0 Å². The molecule has 0 amide bonds.